The third-order valence-electron chi connectivity index (χ3n) is 3.34. The van der Waals surface area contributed by atoms with Crippen molar-refractivity contribution >= 4 is 17.6 Å². The summed E-state index contributed by atoms with van der Waals surface area (Å²) in [5, 5.41) is 12.6. The van der Waals surface area contributed by atoms with Crippen molar-refractivity contribution in [2.75, 3.05) is 14.2 Å². The van der Waals surface area contributed by atoms with Crippen LogP contribution < -0.4 is 14.8 Å². The van der Waals surface area contributed by atoms with E-state index in [1.54, 1.807) is 12.1 Å². The van der Waals surface area contributed by atoms with Crippen LogP contribution in [-0.4, -0.2) is 30.8 Å². The Morgan fingerprint density at radius 1 is 1.42 bits per heavy atom. The zero-order valence-corrected chi connectivity index (χ0v) is 11.6. The first-order chi connectivity index (χ1) is 9.04. The Morgan fingerprint density at radius 3 is 2.58 bits per heavy atom. The highest BCUT2D eigenvalue weighted by atomic mass is 35.5. The van der Waals surface area contributed by atoms with Crippen molar-refractivity contribution in [2.24, 2.45) is 0 Å². The highest BCUT2D eigenvalue weighted by Crippen LogP contribution is 2.39. The van der Waals surface area contributed by atoms with E-state index in [1.807, 2.05) is 0 Å². The molecular formula is C13H16ClNO4. The Morgan fingerprint density at radius 2 is 2.11 bits per heavy atom. The lowest BCUT2D eigenvalue weighted by Gasteiger charge is -2.16. The predicted molar refractivity (Wildman–Crippen MR) is 71.0 cm³/mol. The molecule has 1 fully saturated rings. The lowest BCUT2D eigenvalue weighted by molar-refractivity contribution is -0.140. The van der Waals surface area contributed by atoms with Crippen molar-refractivity contribution < 1.29 is 19.4 Å². The van der Waals surface area contributed by atoms with Crippen molar-refractivity contribution in [2.45, 2.75) is 24.9 Å². The van der Waals surface area contributed by atoms with E-state index in [2.05, 4.69) is 5.32 Å². The van der Waals surface area contributed by atoms with Gasteiger partial charge in [0.2, 0.25) is 0 Å². The summed E-state index contributed by atoms with van der Waals surface area (Å²) >= 11 is 6.23. The van der Waals surface area contributed by atoms with Gasteiger partial charge in [0, 0.05) is 6.54 Å². The normalized spacial score (nSPS) is 15.9. The van der Waals surface area contributed by atoms with E-state index in [-0.39, 0.29) is 0 Å². The average molecular weight is 286 g/mol. The maximum atomic E-state index is 11.1. The summed E-state index contributed by atoms with van der Waals surface area (Å²) in [6.07, 6.45) is 1.29. The van der Waals surface area contributed by atoms with Gasteiger partial charge in [-0.3, -0.25) is 10.1 Å². The van der Waals surface area contributed by atoms with Crippen LogP contribution >= 0.6 is 11.6 Å². The Kier molecular flexibility index (Phi) is 3.87. The molecule has 2 rings (SSSR count). The molecule has 19 heavy (non-hydrogen) atoms. The van der Waals surface area contributed by atoms with E-state index < -0.39 is 11.5 Å². The Balaban J connectivity index is 2.15. The molecule has 5 nitrogen and oxygen atoms in total. The van der Waals surface area contributed by atoms with E-state index in [4.69, 9.17) is 26.2 Å². The van der Waals surface area contributed by atoms with Crippen molar-refractivity contribution in [3.8, 4) is 11.5 Å². The summed E-state index contributed by atoms with van der Waals surface area (Å²) in [5.41, 5.74) is 0.00285. The fourth-order valence-corrected chi connectivity index (χ4v) is 2.22. The first-order valence-electron chi connectivity index (χ1n) is 5.92. The van der Waals surface area contributed by atoms with Crippen LogP contribution in [0.5, 0.6) is 11.5 Å². The molecule has 0 heterocycles. The number of ether oxygens (including phenoxy) is 2. The molecule has 104 valence electrons. The molecule has 0 saturated heterocycles. The van der Waals surface area contributed by atoms with Crippen molar-refractivity contribution in [3.63, 3.8) is 0 Å². The summed E-state index contributed by atoms with van der Waals surface area (Å²) in [7, 11) is 3.05. The molecular weight excluding hydrogens is 270 g/mol. The molecule has 1 aromatic carbocycles. The SMILES string of the molecule is COc1ccc(CNC2(C(=O)O)CC2)c(Cl)c1OC. The molecule has 0 spiro atoms. The van der Waals surface area contributed by atoms with Gasteiger partial charge in [-0.05, 0) is 24.5 Å². The van der Waals surface area contributed by atoms with Gasteiger partial charge in [-0.1, -0.05) is 17.7 Å². The maximum absolute atomic E-state index is 11.1. The molecule has 1 saturated carbocycles. The summed E-state index contributed by atoms with van der Waals surface area (Å²) < 4.78 is 10.3. The van der Waals surface area contributed by atoms with Gasteiger partial charge >= 0.3 is 5.97 Å². The fourth-order valence-electron chi connectivity index (χ4n) is 1.92. The first kappa shape index (κ1) is 14.0. The van der Waals surface area contributed by atoms with Gasteiger partial charge in [-0.2, -0.15) is 0 Å². The molecule has 6 heteroatoms. The summed E-state index contributed by atoms with van der Waals surface area (Å²) in [5.74, 6) is 0.198. The molecule has 0 amide bonds. The number of methoxy groups -OCH3 is 2. The van der Waals surface area contributed by atoms with Gasteiger partial charge in [-0.15, -0.1) is 0 Å². The van der Waals surface area contributed by atoms with Gasteiger partial charge in [0.15, 0.2) is 11.5 Å². The number of aliphatic carboxylic acids is 1. The third kappa shape index (κ3) is 2.62. The number of benzene rings is 1. The second-order valence-corrected chi connectivity index (χ2v) is 4.89. The van der Waals surface area contributed by atoms with Crippen molar-refractivity contribution in [1.82, 2.24) is 5.32 Å². The quantitative estimate of drug-likeness (QED) is 0.837. The Hall–Kier alpha value is -1.46. The summed E-state index contributed by atoms with van der Waals surface area (Å²) in [6.45, 7) is 0.380. The van der Waals surface area contributed by atoms with Gasteiger partial charge in [0.1, 0.15) is 5.54 Å². The number of nitrogens with one attached hydrogen (secondary N) is 1. The molecule has 1 aliphatic rings. The molecule has 0 bridgehead atoms. The largest absolute Gasteiger partial charge is 0.493 e. The molecule has 1 aromatic rings. The van der Waals surface area contributed by atoms with Crippen LogP contribution in [0.2, 0.25) is 5.02 Å². The Bertz CT molecular complexity index is 500. The van der Waals surface area contributed by atoms with E-state index in [0.29, 0.717) is 35.9 Å². The molecule has 0 unspecified atom stereocenters. The second kappa shape index (κ2) is 5.27. The number of carboxylic acid groups (broad SMARTS) is 1. The molecule has 0 aliphatic heterocycles. The minimum absolute atomic E-state index is 0.380. The van der Waals surface area contributed by atoms with Crippen molar-refractivity contribution in [1.29, 1.82) is 0 Å². The average Bonchev–Trinajstić information content (AvgIpc) is 3.18. The predicted octanol–water partition coefficient (Wildman–Crippen LogP) is 2.06. The van der Waals surface area contributed by atoms with Crippen LogP contribution in [-0.2, 0) is 11.3 Å². The first-order valence-corrected chi connectivity index (χ1v) is 6.29. The molecule has 2 N–H and O–H groups in total. The van der Waals surface area contributed by atoms with E-state index in [0.717, 1.165) is 5.56 Å². The molecule has 0 aromatic heterocycles. The maximum Gasteiger partial charge on any atom is 0.323 e. The van der Waals surface area contributed by atoms with Gasteiger partial charge in [0.25, 0.3) is 0 Å². The lowest BCUT2D eigenvalue weighted by Crippen LogP contribution is -2.38. The summed E-state index contributed by atoms with van der Waals surface area (Å²) in [4.78, 5) is 11.1. The number of rotatable bonds is 6. The topological polar surface area (TPSA) is 67.8 Å². The standard InChI is InChI=1S/C13H16ClNO4/c1-18-9-4-3-8(10(14)11(9)19-2)7-15-13(5-6-13)12(16)17/h3-4,15H,5-7H2,1-2H3,(H,16,17). The Labute approximate surface area is 116 Å². The number of carbonyl (C=O) groups is 1. The van der Waals surface area contributed by atoms with E-state index in [1.165, 1.54) is 14.2 Å². The summed E-state index contributed by atoms with van der Waals surface area (Å²) in [6, 6.07) is 3.55. The molecule has 1 aliphatic carbocycles. The number of hydrogen-bond donors (Lipinski definition) is 2. The van der Waals surface area contributed by atoms with Crippen molar-refractivity contribution in [3.05, 3.63) is 22.7 Å². The zero-order valence-electron chi connectivity index (χ0n) is 10.8. The highest BCUT2D eigenvalue weighted by molar-refractivity contribution is 6.33. The van der Waals surface area contributed by atoms with Crippen LogP contribution in [0.25, 0.3) is 0 Å². The second-order valence-electron chi connectivity index (χ2n) is 4.51. The minimum atomic E-state index is -0.816. The zero-order chi connectivity index (χ0) is 14.0. The van der Waals surface area contributed by atoms with Gasteiger partial charge in [-0.25, -0.2) is 0 Å². The van der Waals surface area contributed by atoms with E-state index >= 15 is 0 Å². The monoisotopic (exact) mass is 285 g/mol. The van der Waals surface area contributed by atoms with Crippen LogP contribution in [0.3, 0.4) is 0 Å². The minimum Gasteiger partial charge on any atom is -0.493 e. The molecule has 0 atom stereocenters. The van der Waals surface area contributed by atoms with Crippen LogP contribution in [0.15, 0.2) is 12.1 Å². The molecule has 0 radical (unpaired) electrons. The van der Waals surface area contributed by atoms with Gasteiger partial charge in [0.05, 0.1) is 19.2 Å². The van der Waals surface area contributed by atoms with Crippen LogP contribution in [0, 0.1) is 0 Å². The number of carboxylic acids is 1. The van der Waals surface area contributed by atoms with Crippen LogP contribution in [0.1, 0.15) is 18.4 Å². The van der Waals surface area contributed by atoms with E-state index in [9.17, 15) is 4.79 Å². The lowest BCUT2D eigenvalue weighted by atomic mass is 10.1. The third-order valence-corrected chi connectivity index (χ3v) is 3.76. The van der Waals surface area contributed by atoms with Crippen LogP contribution in [0.4, 0.5) is 0 Å². The highest BCUT2D eigenvalue weighted by Gasteiger charge is 2.49. The smallest absolute Gasteiger partial charge is 0.323 e. The number of hydrogen-bond acceptors (Lipinski definition) is 4. The van der Waals surface area contributed by atoms with Gasteiger partial charge < -0.3 is 14.6 Å². The fraction of sp³-hybridized carbons (Fsp3) is 0.462. The number of halogens is 1.